The van der Waals surface area contributed by atoms with Gasteiger partial charge in [-0.05, 0) is 31.3 Å². The molecule has 2 rings (SSSR count). The Labute approximate surface area is 151 Å². The fourth-order valence-corrected chi connectivity index (χ4v) is 2.78. The molecule has 0 saturated heterocycles. The van der Waals surface area contributed by atoms with E-state index in [1.807, 2.05) is 25.2 Å². The Morgan fingerprint density at radius 2 is 1.79 bits per heavy atom. The van der Waals surface area contributed by atoms with Crippen LogP contribution in [0.4, 0.5) is 15.5 Å². The molecule has 0 bridgehead atoms. The van der Waals surface area contributed by atoms with Crippen molar-refractivity contribution >= 4 is 46.4 Å². The first-order valence-corrected chi connectivity index (χ1v) is 8.04. The zero-order valence-electron chi connectivity index (χ0n) is 13.5. The zero-order valence-corrected chi connectivity index (χ0v) is 15.2. The second-order valence-corrected chi connectivity index (χ2v) is 6.02. The van der Waals surface area contributed by atoms with Crippen molar-refractivity contribution in [1.29, 1.82) is 0 Å². The van der Waals surface area contributed by atoms with Crippen molar-refractivity contribution in [3.63, 3.8) is 0 Å². The molecule has 0 saturated carbocycles. The summed E-state index contributed by atoms with van der Waals surface area (Å²) >= 11 is 1.26. The van der Waals surface area contributed by atoms with Crippen LogP contribution in [0, 0.1) is 0 Å². The lowest BCUT2D eigenvalue weighted by atomic mass is 10.3. The average molecular weight is 369 g/mol. The number of para-hydroxylation sites is 1. The number of thiophene rings is 1. The molecule has 3 N–H and O–H groups in total. The molecule has 0 radical (unpaired) electrons. The quantitative estimate of drug-likeness (QED) is 0.733. The lowest BCUT2D eigenvalue weighted by Gasteiger charge is -2.15. The summed E-state index contributed by atoms with van der Waals surface area (Å²) in [4.78, 5) is 26.4. The third kappa shape index (κ3) is 5.84. The Morgan fingerprint density at radius 3 is 2.46 bits per heavy atom. The van der Waals surface area contributed by atoms with Crippen molar-refractivity contribution in [2.45, 2.75) is 0 Å². The van der Waals surface area contributed by atoms with Crippen molar-refractivity contribution in [3.05, 3.63) is 47.3 Å². The minimum atomic E-state index is -0.333. The van der Waals surface area contributed by atoms with Gasteiger partial charge in [0.05, 0.1) is 9.88 Å². The number of hydrogen-bond donors (Lipinski definition) is 3. The maximum atomic E-state index is 12.2. The highest BCUT2D eigenvalue weighted by Crippen LogP contribution is 2.23. The van der Waals surface area contributed by atoms with E-state index >= 15 is 0 Å². The van der Waals surface area contributed by atoms with Crippen molar-refractivity contribution < 1.29 is 9.59 Å². The minimum absolute atomic E-state index is 0. The van der Waals surface area contributed by atoms with Gasteiger partial charge in [0.1, 0.15) is 0 Å². The van der Waals surface area contributed by atoms with Gasteiger partial charge in [0.15, 0.2) is 0 Å². The van der Waals surface area contributed by atoms with Crippen LogP contribution >= 0.6 is 23.7 Å². The van der Waals surface area contributed by atoms with Crippen LogP contribution in [-0.2, 0) is 0 Å². The molecule has 8 heteroatoms. The van der Waals surface area contributed by atoms with Gasteiger partial charge in [0.25, 0.3) is 5.91 Å². The highest BCUT2D eigenvalue weighted by atomic mass is 35.5. The SMILES string of the molecule is CNCCN(C)C(=O)c1ccc(NC(=O)Nc2ccccc2)s1.Cl. The summed E-state index contributed by atoms with van der Waals surface area (Å²) in [6.07, 6.45) is 0. The third-order valence-electron chi connectivity index (χ3n) is 3.13. The number of anilines is 2. The van der Waals surface area contributed by atoms with E-state index in [4.69, 9.17) is 0 Å². The standard InChI is InChI=1S/C16H20N4O2S.ClH/c1-17-10-11-20(2)15(21)13-8-9-14(23-13)19-16(22)18-12-6-4-3-5-7-12;/h3-9,17H,10-11H2,1-2H3,(H2,18,19,22);1H. The number of hydrogen-bond acceptors (Lipinski definition) is 4. The van der Waals surface area contributed by atoms with E-state index < -0.39 is 0 Å². The number of nitrogens with one attached hydrogen (secondary N) is 3. The maximum Gasteiger partial charge on any atom is 0.324 e. The van der Waals surface area contributed by atoms with Gasteiger partial charge in [-0.3, -0.25) is 10.1 Å². The number of amides is 3. The fourth-order valence-electron chi connectivity index (χ4n) is 1.88. The highest BCUT2D eigenvalue weighted by Gasteiger charge is 2.14. The van der Waals surface area contributed by atoms with Crippen molar-refractivity contribution in [1.82, 2.24) is 10.2 Å². The second-order valence-electron chi connectivity index (χ2n) is 4.94. The molecule has 0 atom stereocenters. The van der Waals surface area contributed by atoms with Crippen LogP contribution in [-0.4, -0.2) is 44.0 Å². The third-order valence-corrected chi connectivity index (χ3v) is 4.12. The molecule has 3 amide bonds. The van der Waals surface area contributed by atoms with Gasteiger partial charge in [0, 0.05) is 25.8 Å². The molecule has 0 aliphatic heterocycles. The summed E-state index contributed by atoms with van der Waals surface area (Å²) < 4.78 is 0. The number of carbonyl (C=O) groups is 2. The van der Waals surface area contributed by atoms with Gasteiger partial charge in [-0.25, -0.2) is 4.79 Å². The Bertz CT molecular complexity index is 663. The molecular weight excluding hydrogens is 348 g/mol. The predicted octanol–water partition coefficient (Wildman–Crippen LogP) is 3.11. The smallest absolute Gasteiger partial charge is 0.324 e. The average Bonchev–Trinajstić information content (AvgIpc) is 3.01. The van der Waals surface area contributed by atoms with Gasteiger partial charge in [-0.2, -0.15) is 0 Å². The van der Waals surface area contributed by atoms with E-state index in [-0.39, 0.29) is 24.3 Å². The van der Waals surface area contributed by atoms with Crippen LogP contribution in [0.1, 0.15) is 9.67 Å². The molecule has 6 nitrogen and oxygen atoms in total. The minimum Gasteiger partial charge on any atom is -0.340 e. The summed E-state index contributed by atoms with van der Waals surface area (Å²) in [6, 6.07) is 12.3. The Morgan fingerprint density at radius 1 is 1.08 bits per heavy atom. The monoisotopic (exact) mass is 368 g/mol. The van der Waals surface area contributed by atoms with Gasteiger partial charge >= 0.3 is 6.03 Å². The molecule has 0 fully saturated rings. The molecule has 130 valence electrons. The first-order chi connectivity index (χ1) is 11.1. The zero-order chi connectivity index (χ0) is 16.7. The Kier molecular flexibility index (Phi) is 8.25. The summed E-state index contributed by atoms with van der Waals surface area (Å²) in [7, 11) is 3.60. The number of halogens is 1. The molecule has 0 unspecified atom stereocenters. The molecular formula is C16H21ClN4O2S. The highest BCUT2D eigenvalue weighted by molar-refractivity contribution is 7.18. The molecule has 1 aromatic heterocycles. The number of urea groups is 1. The number of rotatable bonds is 6. The van der Waals surface area contributed by atoms with E-state index in [0.29, 0.717) is 22.1 Å². The number of likely N-dealkylation sites (N-methyl/N-ethyl adjacent to an activating group) is 2. The van der Waals surface area contributed by atoms with Crippen LogP contribution in [0.5, 0.6) is 0 Å². The lowest BCUT2D eigenvalue weighted by Crippen LogP contribution is -2.32. The van der Waals surface area contributed by atoms with E-state index in [1.165, 1.54) is 11.3 Å². The summed E-state index contributed by atoms with van der Waals surface area (Å²) in [5.41, 5.74) is 0.713. The molecule has 2 aromatic rings. The summed E-state index contributed by atoms with van der Waals surface area (Å²) in [6.45, 7) is 1.36. The molecule has 1 aromatic carbocycles. The maximum absolute atomic E-state index is 12.2. The Balaban J connectivity index is 0.00000288. The van der Waals surface area contributed by atoms with Gasteiger partial charge in [-0.15, -0.1) is 23.7 Å². The lowest BCUT2D eigenvalue weighted by molar-refractivity contribution is 0.0801. The molecule has 1 heterocycles. The van der Waals surface area contributed by atoms with Crippen LogP contribution < -0.4 is 16.0 Å². The molecule has 24 heavy (non-hydrogen) atoms. The second kappa shape index (κ2) is 9.92. The van der Waals surface area contributed by atoms with Gasteiger partial charge < -0.3 is 15.5 Å². The Hall–Kier alpha value is -2.09. The van der Waals surface area contributed by atoms with E-state index in [0.717, 1.165) is 6.54 Å². The first-order valence-electron chi connectivity index (χ1n) is 7.23. The largest absolute Gasteiger partial charge is 0.340 e. The van der Waals surface area contributed by atoms with E-state index in [1.54, 1.807) is 36.2 Å². The van der Waals surface area contributed by atoms with Gasteiger partial charge in [-0.1, -0.05) is 18.2 Å². The van der Waals surface area contributed by atoms with Crippen LogP contribution in [0.15, 0.2) is 42.5 Å². The van der Waals surface area contributed by atoms with E-state index in [9.17, 15) is 9.59 Å². The van der Waals surface area contributed by atoms with Crippen LogP contribution in [0.3, 0.4) is 0 Å². The number of benzene rings is 1. The summed E-state index contributed by atoms with van der Waals surface area (Å²) in [5, 5.41) is 9.10. The van der Waals surface area contributed by atoms with Crippen molar-refractivity contribution in [2.75, 3.05) is 37.8 Å². The molecule has 0 aliphatic rings. The molecule has 0 spiro atoms. The van der Waals surface area contributed by atoms with Crippen LogP contribution in [0.2, 0.25) is 0 Å². The van der Waals surface area contributed by atoms with Crippen molar-refractivity contribution in [2.24, 2.45) is 0 Å². The van der Waals surface area contributed by atoms with Crippen molar-refractivity contribution in [3.8, 4) is 0 Å². The van der Waals surface area contributed by atoms with E-state index in [2.05, 4.69) is 16.0 Å². The first kappa shape index (κ1) is 20.0. The number of nitrogens with zero attached hydrogens (tertiary/aromatic N) is 1. The van der Waals surface area contributed by atoms with Gasteiger partial charge in [0.2, 0.25) is 0 Å². The normalized spacial score (nSPS) is 9.75. The number of carbonyl (C=O) groups excluding carboxylic acids is 2. The van der Waals surface area contributed by atoms with Crippen LogP contribution in [0.25, 0.3) is 0 Å². The fraction of sp³-hybridized carbons (Fsp3) is 0.250. The molecule has 0 aliphatic carbocycles. The predicted molar refractivity (Wildman–Crippen MR) is 102 cm³/mol. The summed E-state index contributed by atoms with van der Waals surface area (Å²) in [5.74, 6) is -0.0539. The topological polar surface area (TPSA) is 73.5 Å².